The maximum atomic E-state index is 12.6. The molecule has 0 fully saturated rings. The number of rotatable bonds is 1. The summed E-state index contributed by atoms with van der Waals surface area (Å²) in [5, 5.41) is 0.889. The number of esters is 1. The highest BCUT2D eigenvalue weighted by molar-refractivity contribution is 6.31. The third kappa shape index (κ3) is 2.15. The summed E-state index contributed by atoms with van der Waals surface area (Å²) >= 11 is 6.16. The molecule has 2 aromatic carbocycles. The zero-order chi connectivity index (χ0) is 18.7. The third-order valence-electron chi connectivity index (χ3n) is 4.53. The van der Waals surface area contributed by atoms with Crippen LogP contribution in [0, 0.1) is 0 Å². The van der Waals surface area contributed by atoms with E-state index >= 15 is 0 Å². The molecule has 5 rings (SSSR count). The molecule has 3 heterocycles. The first-order valence-corrected chi connectivity index (χ1v) is 8.47. The van der Waals surface area contributed by atoms with Gasteiger partial charge in [-0.25, -0.2) is 14.8 Å². The van der Waals surface area contributed by atoms with E-state index in [1.165, 1.54) is 7.11 Å². The Kier molecular flexibility index (Phi) is 3.23. The van der Waals surface area contributed by atoms with Gasteiger partial charge in [0.15, 0.2) is 5.65 Å². The number of hydrogen-bond acceptors (Lipinski definition) is 5. The Bertz CT molecular complexity index is 1470. The highest BCUT2D eigenvalue weighted by atomic mass is 35.5. The lowest BCUT2D eigenvalue weighted by Gasteiger charge is -2.04. The summed E-state index contributed by atoms with van der Waals surface area (Å²) in [7, 11) is 1.28. The third-order valence-corrected chi connectivity index (χ3v) is 4.76. The summed E-state index contributed by atoms with van der Waals surface area (Å²) in [4.78, 5) is 37.1. The number of para-hydroxylation sites is 2. The Balaban J connectivity index is 2.14. The minimum Gasteiger partial charge on any atom is -0.465 e. The first-order chi connectivity index (χ1) is 13.1. The molecule has 0 aliphatic rings. The lowest BCUT2D eigenvalue weighted by atomic mass is 10.2. The van der Waals surface area contributed by atoms with Gasteiger partial charge in [-0.3, -0.25) is 9.20 Å². The quantitative estimate of drug-likeness (QED) is 0.452. The Morgan fingerprint density at radius 1 is 1.15 bits per heavy atom. The Morgan fingerprint density at radius 3 is 2.63 bits per heavy atom. The van der Waals surface area contributed by atoms with E-state index in [0.29, 0.717) is 38.1 Å². The van der Waals surface area contributed by atoms with Gasteiger partial charge in [-0.1, -0.05) is 23.7 Å². The van der Waals surface area contributed by atoms with Gasteiger partial charge in [-0.2, -0.15) is 0 Å². The molecular formula is C19H11ClN4O3. The average Bonchev–Trinajstić information content (AvgIpc) is 2.98. The molecule has 0 amide bonds. The normalized spacial score (nSPS) is 11.6. The lowest BCUT2D eigenvalue weighted by molar-refractivity contribution is 0.0604. The van der Waals surface area contributed by atoms with E-state index in [4.69, 9.17) is 16.3 Å². The fraction of sp³-hybridized carbons (Fsp3) is 0.0526. The van der Waals surface area contributed by atoms with Crippen LogP contribution in [0.2, 0.25) is 5.02 Å². The molecule has 0 radical (unpaired) electrons. The predicted octanol–water partition coefficient (Wildman–Crippen LogP) is 3.32. The number of carbonyl (C=O) groups is 1. The van der Waals surface area contributed by atoms with Crippen molar-refractivity contribution in [2.75, 3.05) is 7.11 Å². The largest absolute Gasteiger partial charge is 0.465 e. The number of methoxy groups -OCH3 is 1. The van der Waals surface area contributed by atoms with Gasteiger partial charge in [-0.15, -0.1) is 0 Å². The van der Waals surface area contributed by atoms with Crippen LogP contribution < -0.4 is 5.56 Å². The van der Waals surface area contributed by atoms with Crippen molar-refractivity contribution in [3.05, 3.63) is 63.4 Å². The van der Waals surface area contributed by atoms with Gasteiger partial charge in [0.1, 0.15) is 16.7 Å². The number of nitrogens with zero attached hydrogens (tertiary/aromatic N) is 3. The summed E-state index contributed by atoms with van der Waals surface area (Å²) in [5.74, 6) is -0.607. The van der Waals surface area contributed by atoms with Crippen LogP contribution in [0.3, 0.4) is 0 Å². The number of hydrogen-bond donors (Lipinski definition) is 1. The number of fused-ring (bicyclic) bond motifs is 6. The molecule has 0 bridgehead atoms. The number of ether oxygens (including phenoxy) is 1. The van der Waals surface area contributed by atoms with Crippen LogP contribution in [0.5, 0.6) is 0 Å². The first-order valence-electron chi connectivity index (χ1n) is 8.09. The number of carbonyl (C=O) groups excluding carboxylic acids is 1. The van der Waals surface area contributed by atoms with Gasteiger partial charge < -0.3 is 9.72 Å². The van der Waals surface area contributed by atoms with Crippen molar-refractivity contribution in [1.82, 2.24) is 19.4 Å². The summed E-state index contributed by atoms with van der Waals surface area (Å²) in [6.45, 7) is 0. The molecule has 0 saturated heterocycles. The van der Waals surface area contributed by atoms with Crippen LogP contribution in [0.25, 0.3) is 38.7 Å². The van der Waals surface area contributed by atoms with Gasteiger partial charge >= 0.3 is 5.97 Å². The molecule has 0 aliphatic heterocycles. The Morgan fingerprint density at radius 2 is 1.89 bits per heavy atom. The number of nitrogens with one attached hydrogen (secondary N) is 1. The molecule has 0 spiro atoms. The number of H-pyrrole nitrogens is 1. The van der Waals surface area contributed by atoms with E-state index < -0.39 is 5.97 Å². The van der Waals surface area contributed by atoms with Crippen LogP contribution >= 0.6 is 11.6 Å². The second-order valence-corrected chi connectivity index (χ2v) is 6.49. The van der Waals surface area contributed by atoms with Gasteiger partial charge in [-0.05, 0) is 30.3 Å². The van der Waals surface area contributed by atoms with Crippen LogP contribution in [0.4, 0.5) is 0 Å². The maximum absolute atomic E-state index is 12.6. The molecule has 132 valence electrons. The Hall–Kier alpha value is -3.45. The average molecular weight is 379 g/mol. The van der Waals surface area contributed by atoms with E-state index in [1.807, 2.05) is 24.3 Å². The summed E-state index contributed by atoms with van der Waals surface area (Å²) in [5.41, 5.74) is 2.71. The van der Waals surface area contributed by atoms with Crippen LogP contribution in [-0.4, -0.2) is 32.4 Å². The molecule has 0 atom stereocenters. The smallest absolute Gasteiger partial charge is 0.343 e. The minimum absolute atomic E-state index is 0.157. The zero-order valence-corrected chi connectivity index (χ0v) is 14.7. The van der Waals surface area contributed by atoms with Crippen LogP contribution in [0.1, 0.15) is 10.4 Å². The molecule has 3 aromatic heterocycles. The molecule has 0 saturated carbocycles. The molecule has 5 aromatic rings. The monoisotopic (exact) mass is 378 g/mol. The number of aromatic amines is 1. The summed E-state index contributed by atoms with van der Waals surface area (Å²) in [6, 6.07) is 12.3. The van der Waals surface area contributed by atoms with Crippen molar-refractivity contribution in [2.45, 2.75) is 0 Å². The van der Waals surface area contributed by atoms with Crippen molar-refractivity contribution in [3.8, 4) is 0 Å². The molecule has 1 N–H and O–H groups in total. The van der Waals surface area contributed by atoms with E-state index in [9.17, 15) is 9.59 Å². The predicted molar refractivity (Wildman–Crippen MR) is 102 cm³/mol. The van der Waals surface area contributed by atoms with Gasteiger partial charge in [0.05, 0.1) is 29.0 Å². The molecule has 7 nitrogen and oxygen atoms in total. The van der Waals surface area contributed by atoms with Crippen molar-refractivity contribution in [3.63, 3.8) is 0 Å². The second kappa shape index (κ2) is 5.52. The fourth-order valence-electron chi connectivity index (χ4n) is 3.35. The van der Waals surface area contributed by atoms with Gasteiger partial charge in [0.25, 0.3) is 5.56 Å². The molecule has 27 heavy (non-hydrogen) atoms. The van der Waals surface area contributed by atoms with Crippen molar-refractivity contribution >= 4 is 56.3 Å². The summed E-state index contributed by atoms with van der Waals surface area (Å²) < 4.78 is 6.61. The Labute approximate surface area is 156 Å². The van der Waals surface area contributed by atoms with Crippen molar-refractivity contribution in [2.24, 2.45) is 0 Å². The first kappa shape index (κ1) is 15.8. The molecule has 8 heteroatoms. The van der Waals surface area contributed by atoms with Crippen LogP contribution in [0.15, 0.2) is 47.3 Å². The van der Waals surface area contributed by atoms with E-state index in [2.05, 4.69) is 15.0 Å². The number of halogens is 1. The second-order valence-electron chi connectivity index (χ2n) is 6.05. The lowest BCUT2D eigenvalue weighted by Crippen LogP contribution is -2.12. The van der Waals surface area contributed by atoms with Crippen LogP contribution in [-0.2, 0) is 4.74 Å². The van der Waals surface area contributed by atoms with E-state index in [1.54, 1.807) is 22.6 Å². The highest BCUT2D eigenvalue weighted by Crippen LogP contribution is 2.29. The molecule has 0 aliphatic carbocycles. The number of aromatic nitrogens is 4. The maximum Gasteiger partial charge on any atom is 0.343 e. The summed E-state index contributed by atoms with van der Waals surface area (Å²) in [6.07, 6.45) is 0. The highest BCUT2D eigenvalue weighted by Gasteiger charge is 2.24. The minimum atomic E-state index is -0.607. The fourth-order valence-corrected chi connectivity index (χ4v) is 3.52. The SMILES string of the molecule is COC(=O)c1c2nc3ccccc3nc2n2c1[nH]c(=O)c1ccc(Cl)cc12. The van der Waals surface area contributed by atoms with E-state index in [-0.39, 0.29) is 16.8 Å². The molecule has 0 unspecified atom stereocenters. The molecular weight excluding hydrogens is 368 g/mol. The zero-order valence-electron chi connectivity index (χ0n) is 14.0. The van der Waals surface area contributed by atoms with E-state index in [0.717, 1.165) is 0 Å². The van der Waals surface area contributed by atoms with Crippen molar-refractivity contribution < 1.29 is 9.53 Å². The van der Waals surface area contributed by atoms with Gasteiger partial charge in [0.2, 0.25) is 0 Å². The van der Waals surface area contributed by atoms with Gasteiger partial charge in [0, 0.05) is 5.02 Å². The number of benzene rings is 2. The van der Waals surface area contributed by atoms with Crippen molar-refractivity contribution in [1.29, 1.82) is 0 Å². The standard InChI is InChI=1S/C19H11ClN4O3/c1-27-19(26)14-15-17(22-12-5-3-2-4-11(12)21-15)24-13-8-9(20)6-7-10(13)18(25)23-16(14)24/h2-8H,1H3,(H,23,25). The topological polar surface area (TPSA) is 89.3 Å².